The average Bonchev–Trinajstić information content (AvgIpc) is 2.65. The molecule has 0 saturated carbocycles. The summed E-state index contributed by atoms with van der Waals surface area (Å²) in [6, 6.07) is 5.99. The van der Waals surface area contributed by atoms with Crippen molar-refractivity contribution in [2.45, 2.75) is 77.9 Å². The topological polar surface area (TPSA) is 119 Å². The van der Waals surface area contributed by atoms with Crippen LogP contribution in [0.1, 0.15) is 65.4 Å². The van der Waals surface area contributed by atoms with E-state index >= 15 is 0 Å². The number of esters is 1. The Labute approximate surface area is 185 Å². The van der Waals surface area contributed by atoms with Gasteiger partial charge in [-0.3, -0.25) is 9.59 Å². The van der Waals surface area contributed by atoms with Crippen LogP contribution in [0.2, 0.25) is 0 Å². The van der Waals surface area contributed by atoms with Gasteiger partial charge in [-0.1, -0.05) is 25.5 Å². The van der Waals surface area contributed by atoms with Crippen LogP contribution in [0.3, 0.4) is 0 Å². The van der Waals surface area contributed by atoms with E-state index in [0.29, 0.717) is 31.6 Å². The van der Waals surface area contributed by atoms with Crippen LogP contribution < -0.4 is 9.46 Å². The fraction of sp³-hybridized carbons (Fsp3) is 0.636. The lowest BCUT2D eigenvalue weighted by Gasteiger charge is -2.24. The molecule has 2 N–H and O–H groups in total. The van der Waals surface area contributed by atoms with E-state index in [2.05, 4.69) is 4.72 Å². The smallest absolute Gasteiger partial charge is 0.325 e. The molecule has 0 spiro atoms. The molecule has 9 heteroatoms. The fourth-order valence-electron chi connectivity index (χ4n) is 2.68. The van der Waals surface area contributed by atoms with Crippen molar-refractivity contribution < 1.29 is 32.6 Å². The number of nitrogens with one attached hydrogen (secondary N) is 1. The van der Waals surface area contributed by atoms with Crippen LogP contribution in [0.5, 0.6) is 5.75 Å². The largest absolute Gasteiger partial charge is 0.494 e. The number of carboxylic acid groups (broad SMARTS) is 1. The molecule has 176 valence electrons. The molecule has 0 radical (unpaired) electrons. The van der Waals surface area contributed by atoms with Crippen LogP contribution in [0.4, 0.5) is 0 Å². The summed E-state index contributed by atoms with van der Waals surface area (Å²) in [5.74, 6) is -0.866. The molecule has 31 heavy (non-hydrogen) atoms. The second kappa shape index (κ2) is 12.7. The standard InChI is InChI=1S/C22H35NO7S/c1-5-6-15-31(27,28)23-19(21(26)30-22(2,3)4)16-17-10-12-18(13-11-17)29-14-8-7-9-20(24)25/h10-13,19,23H,5-9,14-16H2,1-4H3,(H,24,25)/t19-/m0/s1. The van der Waals surface area contributed by atoms with Gasteiger partial charge in [0.1, 0.15) is 17.4 Å². The van der Waals surface area contributed by atoms with Gasteiger partial charge >= 0.3 is 11.9 Å². The van der Waals surface area contributed by atoms with Gasteiger partial charge in [0.25, 0.3) is 0 Å². The number of aliphatic carboxylic acids is 1. The van der Waals surface area contributed by atoms with Gasteiger partial charge in [-0.2, -0.15) is 0 Å². The third-order valence-electron chi connectivity index (χ3n) is 4.20. The number of unbranched alkanes of at least 4 members (excludes halogenated alkanes) is 2. The summed E-state index contributed by atoms with van der Waals surface area (Å²) in [7, 11) is -3.61. The first-order valence-corrected chi connectivity index (χ1v) is 12.2. The molecule has 1 rings (SSSR count). The fourth-order valence-corrected chi connectivity index (χ4v) is 4.08. The van der Waals surface area contributed by atoms with Crippen LogP contribution >= 0.6 is 0 Å². The lowest BCUT2D eigenvalue weighted by molar-refractivity contribution is -0.156. The van der Waals surface area contributed by atoms with Crippen molar-refractivity contribution >= 4 is 22.0 Å². The van der Waals surface area contributed by atoms with E-state index in [-0.39, 0.29) is 18.6 Å². The zero-order valence-electron chi connectivity index (χ0n) is 18.8. The first-order valence-electron chi connectivity index (χ1n) is 10.6. The molecular weight excluding hydrogens is 422 g/mol. The molecule has 0 fully saturated rings. The van der Waals surface area contributed by atoms with Crippen LogP contribution in [0, 0.1) is 0 Å². The highest BCUT2D eigenvalue weighted by Gasteiger charge is 2.29. The minimum absolute atomic E-state index is 0.0442. The Kier molecular flexibility index (Phi) is 11.0. The number of sulfonamides is 1. The quantitative estimate of drug-likeness (QED) is 0.325. The number of hydrogen-bond acceptors (Lipinski definition) is 6. The Hall–Kier alpha value is -2.13. The van der Waals surface area contributed by atoms with Crippen molar-refractivity contribution in [2.75, 3.05) is 12.4 Å². The second-order valence-corrected chi connectivity index (χ2v) is 10.3. The first kappa shape index (κ1) is 26.9. The van der Waals surface area contributed by atoms with Crippen LogP contribution in [0.25, 0.3) is 0 Å². The number of carboxylic acids is 1. The summed E-state index contributed by atoms with van der Waals surface area (Å²) in [6.07, 6.45) is 2.68. The SMILES string of the molecule is CCCCS(=O)(=O)N[C@@H](Cc1ccc(OCCCCC(=O)O)cc1)C(=O)OC(C)(C)C. The molecule has 0 amide bonds. The Morgan fingerprint density at radius 3 is 2.29 bits per heavy atom. The summed E-state index contributed by atoms with van der Waals surface area (Å²) in [4.78, 5) is 23.1. The number of benzene rings is 1. The van der Waals surface area contributed by atoms with Crippen molar-refractivity contribution in [2.24, 2.45) is 0 Å². The highest BCUT2D eigenvalue weighted by molar-refractivity contribution is 7.89. The van der Waals surface area contributed by atoms with Crippen LogP contribution in [0.15, 0.2) is 24.3 Å². The molecule has 8 nitrogen and oxygen atoms in total. The maximum Gasteiger partial charge on any atom is 0.325 e. The molecule has 0 bridgehead atoms. The molecule has 1 atom stereocenters. The highest BCUT2D eigenvalue weighted by atomic mass is 32.2. The molecule has 0 heterocycles. The van der Waals surface area contributed by atoms with Crippen molar-refractivity contribution in [3.8, 4) is 5.75 Å². The molecule has 0 aliphatic heterocycles. The summed E-state index contributed by atoms with van der Waals surface area (Å²) >= 11 is 0. The van der Waals surface area contributed by atoms with E-state index in [9.17, 15) is 18.0 Å². The Balaban J connectivity index is 2.77. The average molecular weight is 458 g/mol. The first-order chi connectivity index (χ1) is 14.4. The monoisotopic (exact) mass is 457 g/mol. The normalized spacial score (nSPS) is 12.9. The minimum atomic E-state index is -3.61. The number of carbonyl (C=O) groups excluding carboxylic acids is 1. The van der Waals surface area contributed by atoms with Crippen LogP contribution in [-0.2, 0) is 30.8 Å². The molecule has 1 aromatic rings. The highest BCUT2D eigenvalue weighted by Crippen LogP contribution is 2.16. The van der Waals surface area contributed by atoms with Crippen molar-refractivity contribution in [1.82, 2.24) is 4.72 Å². The molecule has 0 aromatic heterocycles. The van der Waals surface area contributed by atoms with Crippen LogP contribution in [-0.4, -0.2) is 49.5 Å². The minimum Gasteiger partial charge on any atom is -0.494 e. The van der Waals surface area contributed by atoms with Gasteiger partial charge in [-0.25, -0.2) is 13.1 Å². The maximum absolute atomic E-state index is 12.6. The number of ether oxygens (including phenoxy) is 2. The summed E-state index contributed by atoms with van der Waals surface area (Å²) in [5, 5.41) is 8.63. The lowest BCUT2D eigenvalue weighted by atomic mass is 10.1. The van der Waals surface area contributed by atoms with Gasteiger partial charge < -0.3 is 14.6 Å². The number of hydrogen-bond donors (Lipinski definition) is 2. The predicted molar refractivity (Wildman–Crippen MR) is 119 cm³/mol. The third-order valence-corrected chi connectivity index (χ3v) is 5.67. The van der Waals surface area contributed by atoms with Crippen molar-refractivity contribution in [1.29, 1.82) is 0 Å². The number of rotatable bonds is 14. The maximum atomic E-state index is 12.6. The van der Waals surface area contributed by atoms with Gasteiger partial charge in [-0.05, 0) is 64.2 Å². The van der Waals surface area contributed by atoms with E-state index < -0.39 is 33.6 Å². The summed E-state index contributed by atoms with van der Waals surface area (Å²) < 4.78 is 38.2. The van der Waals surface area contributed by atoms with E-state index in [4.69, 9.17) is 14.6 Å². The molecular formula is C22H35NO7S. The molecule has 0 aliphatic carbocycles. The van der Waals surface area contributed by atoms with E-state index in [1.54, 1.807) is 45.0 Å². The predicted octanol–water partition coefficient (Wildman–Crippen LogP) is 3.29. The van der Waals surface area contributed by atoms with E-state index in [1.165, 1.54) is 0 Å². The second-order valence-electron chi connectivity index (χ2n) is 8.42. The molecule has 1 aromatic carbocycles. The van der Waals surface area contributed by atoms with Crippen molar-refractivity contribution in [3.05, 3.63) is 29.8 Å². The van der Waals surface area contributed by atoms with Gasteiger partial charge in [0, 0.05) is 6.42 Å². The van der Waals surface area contributed by atoms with Gasteiger partial charge in [0.15, 0.2) is 0 Å². The number of carbonyl (C=O) groups is 2. The third kappa shape index (κ3) is 12.3. The summed E-state index contributed by atoms with van der Waals surface area (Å²) in [5.41, 5.74) is 0.0231. The molecule has 0 unspecified atom stereocenters. The van der Waals surface area contributed by atoms with E-state index in [0.717, 1.165) is 12.0 Å². The van der Waals surface area contributed by atoms with E-state index in [1.807, 2.05) is 6.92 Å². The lowest BCUT2D eigenvalue weighted by Crippen LogP contribution is -2.46. The van der Waals surface area contributed by atoms with Gasteiger partial charge in [0.2, 0.25) is 10.0 Å². The zero-order chi connectivity index (χ0) is 23.5. The van der Waals surface area contributed by atoms with Crippen molar-refractivity contribution in [3.63, 3.8) is 0 Å². The Morgan fingerprint density at radius 1 is 1.10 bits per heavy atom. The molecule has 0 saturated heterocycles. The zero-order valence-corrected chi connectivity index (χ0v) is 19.7. The van der Waals surface area contributed by atoms with Gasteiger partial charge in [-0.15, -0.1) is 0 Å². The molecule has 0 aliphatic rings. The Bertz CT molecular complexity index is 798. The summed E-state index contributed by atoms with van der Waals surface area (Å²) in [6.45, 7) is 7.50. The van der Waals surface area contributed by atoms with Gasteiger partial charge in [0.05, 0.1) is 12.4 Å². The Morgan fingerprint density at radius 2 is 1.74 bits per heavy atom.